The number of hydrogen-bond acceptors (Lipinski definition) is 2. The fourth-order valence-electron chi connectivity index (χ4n) is 2.52. The molecule has 0 amide bonds. The first-order chi connectivity index (χ1) is 9.72. The Morgan fingerprint density at radius 1 is 1.35 bits per heavy atom. The SMILES string of the molecule is CCNC(=NCCCN(C)C)N1CCc2ccccc21. The molecule has 4 nitrogen and oxygen atoms in total. The molecule has 0 radical (unpaired) electrons. The van der Waals surface area contributed by atoms with Gasteiger partial charge < -0.3 is 15.1 Å². The molecule has 1 aromatic rings. The number of guanidine groups is 1. The molecule has 110 valence electrons. The fourth-order valence-corrected chi connectivity index (χ4v) is 2.52. The van der Waals surface area contributed by atoms with Crippen molar-refractivity contribution in [3.05, 3.63) is 29.8 Å². The van der Waals surface area contributed by atoms with Crippen LogP contribution >= 0.6 is 0 Å². The monoisotopic (exact) mass is 274 g/mol. The van der Waals surface area contributed by atoms with Gasteiger partial charge in [0.15, 0.2) is 5.96 Å². The van der Waals surface area contributed by atoms with Gasteiger partial charge in [-0.3, -0.25) is 4.99 Å². The highest BCUT2D eigenvalue weighted by molar-refractivity contribution is 5.97. The van der Waals surface area contributed by atoms with Gasteiger partial charge in [-0.2, -0.15) is 0 Å². The average molecular weight is 274 g/mol. The molecule has 1 aromatic carbocycles. The molecule has 1 aliphatic heterocycles. The molecule has 0 saturated carbocycles. The van der Waals surface area contributed by atoms with Gasteiger partial charge in [-0.25, -0.2) is 0 Å². The Kier molecular flexibility index (Phi) is 5.41. The molecule has 0 bridgehead atoms. The van der Waals surface area contributed by atoms with Crippen molar-refractivity contribution in [2.45, 2.75) is 19.8 Å². The standard InChI is InChI=1S/C16H26N4/c1-4-17-16(18-11-7-12-19(2)3)20-13-10-14-8-5-6-9-15(14)20/h5-6,8-9H,4,7,10-13H2,1-3H3,(H,17,18). The highest BCUT2D eigenvalue weighted by Crippen LogP contribution is 2.27. The Morgan fingerprint density at radius 3 is 2.90 bits per heavy atom. The van der Waals surface area contributed by atoms with Crippen molar-refractivity contribution in [1.29, 1.82) is 0 Å². The number of hydrogen-bond donors (Lipinski definition) is 1. The van der Waals surface area contributed by atoms with Gasteiger partial charge in [0.1, 0.15) is 0 Å². The van der Waals surface area contributed by atoms with Crippen LogP contribution in [0.25, 0.3) is 0 Å². The predicted molar refractivity (Wildman–Crippen MR) is 86.6 cm³/mol. The van der Waals surface area contributed by atoms with Gasteiger partial charge >= 0.3 is 0 Å². The number of fused-ring (bicyclic) bond motifs is 1. The van der Waals surface area contributed by atoms with Gasteiger partial charge in [-0.15, -0.1) is 0 Å². The Labute approximate surface area is 122 Å². The molecular weight excluding hydrogens is 248 g/mol. The van der Waals surface area contributed by atoms with E-state index in [1.54, 1.807) is 0 Å². The van der Waals surface area contributed by atoms with E-state index in [4.69, 9.17) is 4.99 Å². The van der Waals surface area contributed by atoms with Crippen LogP contribution in [-0.2, 0) is 6.42 Å². The first-order valence-corrected chi connectivity index (χ1v) is 7.51. The van der Waals surface area contributed by atoms with Gasteiger partial charge in [0.25, 0.3) is 0 Å². The minimum atomic E-state index is 0.874. The molecule has 1 N–H and O–H groups in total. The smallest absolute Gasteiger partial charge is 0.198 e. The molecule has 4 heteroatoms. The minimum absolute atomic E-state index is 0.874. The van der Waals surface area contributed by atoms with Crippen LogP contribution < -0.4 is 10.2 Å². The lowest BCUT2D eigenvalue weighted by Crippen LogP contribution is -2.40. The number of para-hydroxylation sites is 1. The molecule has 1 aliphatic rings. The molecule has 20 heavy (non-hydrogen) atoms. The molecule has 0 aliphatic carbocycles. The van der Waals surface area contributed by atoms with Gasteiger partial charge in [0.2, 0.25) is 0 Å². The van der Waals surface area contributed by atoms with Crippen LogP contribution in [0.15, 0.2) is 29.3 Å². The van der Waals surface area contributed by atoms with Crippen LogP contribution in [-0.4, -0.2) is 51.1 Å². The maximum absolute atomic E-state index is 4.77. The molecule has 0 atom stereocenters. The van der Waals surface area contributed by atoms with Crippen LogP contribution in [0.3, 0.4) is 0 Å². The first kappa shape index (κ1) is 14.9. The van der Waals surface area contributed by atoms with Crippen molar-refractivity contribution in [3.8, 4) is 0 Å². The highest BCUT2D eigenvalue weighted by atomic mass is 15.3. The third kappa shape index (κ3) is 3.73. The Hall–Kier alpha value is -1.55. The highest BCUT2D eigenvalue weighted by Gasteiger charge is 2.21. The normalized spacial score (nSPS) is 14.8. The lowest BCUT2D eigenvalue weighted by molar-refractivity contribution is 0.403. The summed E-state index contributed by atoms with van der Waals surface area (Å²) in [7, 11) is 4.21. The summed E-state index contributed by atoms with van der Waals surface area (Å²) in [6.07, 6.45) is 2.20. The maximum atomic E-state index is 4.77. The molecule has 0 saturated heterocycles. The Bertz CT molecular complexity index is 454. The van der Waals surface area contributed by atoms with E-state index in [0.29, 0.717) is 0 Å². The summed E-state index contributed by atoms with van der Waals surface area (Å²) in [4.78, 5) is 9.29. The van der Waals surface area contributed by atoms with Crippen LogP contribution in [0.5, 0.6) is 0 Å². The van der Waals surface area contributed by atoms with Crippen molar-refractivity contribution in [1.82, 2.24) is 10.2 Å². The van der Waals surface area contributed by atoms with Crippen molar-refractivity contribution >= 4 is 11.6 Å². The third-order valence-corrected chi connectivity index (χ3v) is 3.50. The summed E-state index contributed by atoms with van der Waals surface area (Å²) >= 11 is 0. The van der Waals surface area contributed by atoms with E-state index < -0.39 is 0 Å². The number of rotatable bonds is 5. The van der Waals surface area contributed by atoms with E-state index in [2.05, 4.69) is 60.4 Å². The molecule has 0 spiro atoms. The summed E-state index contributed by atoms with van der Waals surface area (Å²) in [6, 6.07) is 8.62. The fraction of sp³-hybridized carbons (Fsp3) is 0.562. The number of nitrogens with one attached hydrogen (secondary N) is 1. The van der Waals surface area contributed by atoms with Crippen LogP contribution in [0.1, 0.15) is 18.9 Å². The minimum Gasteiger partial charge on any atom is -0.356 e. The van der Waals surface area contributed by atoms with E-state index in [9.17, 15) is 0 Å². The van der Waals surface area contributed by atoms with Crippen molar-refractivity contribution in [2.24, 2.45) is 4.99 Å². The second kappa shape index (κ2) is 7.29. The second-order valence-electron chi connectivity index (χ2n) is 5.42. The van der Waals surface area contributed by atoms with Gasteiger partial charge in [-0.05, 0) is 52.0 Å². The topological polar surface area (TPSA) is 30.9 Å². The lowest BCUT2D eigenvalue weighted by atomic mass is 10.2. The maximum Gasteiger partial charge on any atom is 0.198 e. The lowest BCUT2D eigenvalue weighted by Gasteiger charge is -2.22. The number of aliphatic imine (C=N–C) groups is 1. The molecule has 0 unspecified atom stereocenters. The van der Waals surface area contributed by atoms with E-state index in [0.717, 1.165) is 45.0 Å². The first-order valence-electron chi connectivity index (χ1n) is 7.51. The predicted octanol–water partition coefficient (Wildman–Crippen LogP) is 1.97. The zero-order chi connectivity index (χ0) is 14.4. The Balaban J connectivity index is 2.04. The van der Waals surface area contributed by atoms with Gasteiger partial charge in [0, 0.05) is 25.3 Å². The Morgan fingerprint density at radius 2 is 2.15 bits per heavy atom. The summed E-state index contributed by atoms with van der Waals surface area (Å²) in [5, 5.41) is 3.42. The van der Waals surface area contributed by atoms with E-state index in [-0.39, 0.29) is 0 Å². The van der Waals surface area contributed by atoms with Crippen molar-refractivity contribution in [3.63, 3.8) is 0 Å². The summed E-state index contributed by atoms with van der Waals surface area (Å²) < 4.78 is 0. The molecule has 2 rings (SSSR count). The van der Waals surface area contributed by atoms with Crippen LogP contribution in [0.2, 0.25) is 0 Å². The van der Waals surface area contributed by atoms with E-state index in [1.807, 2.05) is 0 Å². The molecular formula is C16H26N4. The summed E-state index contributed by atoms with van der Waals surface area (Å²) in [5.74, 6) is 1.02. The van der Waals surface area contributed by atoms with Crippen LogP contribution in [0.4, 0.5) is 5.69 Å². The largest absolute Gasteiger partial charge is 0.356 e. The number of benzene rings is 1. The zero-order valence-electron chi connectivity index (χ0n) is 12.9. The van der Waals surface area contributed by atoms with E-state index >= 15 is 0 Å². The summed E-state index contributed by atoms with van der Waals surface area (Å²) in [5.41, 5.74) is 2.73. The molecule has 1 heterocycles. The summed E-state index contributed by atoms with van der Waals surface area (Å²) in [6.45, 7) is 6.01. The van der Waals surface area contributed by atoms with E-state index in [1.165, 1.54) is 11.3 Å². The van der Waals surface area contributed by atoms with Crippen molar-refractivity contribution in [2.75, 3.05) is 45.2 Å². The van der Waals surface area contributed by atoms with Crippen LogP contribution in [0, 0.1) is 0 Å². The number of nitrogens with zero attached hydrogens (tertiary/aromatic N) is 3. The average Bonchev–Trinajstić information content (AvgIpc) is 2.86. The number of anilines is 1. The molecule has 0 fully saturated rings. The van der Waals surface area contributed by atoms with Gasteiger partial charge in [0.05, 0.1) is 0 Å². The second-order valence-corrected chi connectivity index (χ2v) is 5.42. The van der Waals surface area contributed by atoms with Crippen molar-refractivity contribution < 1.29 is 0 Å². The van der Waals surface area contributed by atoms with Gasteiger partial charge in [-0.1, -0.05) is 18.2 Å². The molecule has 0 aromatic heterocycles. The quantitative estimate of drug-likeness (QED) is 0.506. The third-order valence-electron chi connectivity index (χ3n) is 3.50. The zero-order valence-corrected chi connectivity index (χ0v) is 12.9.